The standard InChI is InChI=1S/C30H32N4O4S/c1-5-15-33(16-6-2)29(36)26-25(20-9-13-22(38-4)14-10-20)23(18-31)27(32)34-28(35)24(39-30(26)34)17-19-7-11-21(37-3)12-8-19/h7-14,17,25H,5-6,15-16,32H2,1-4H3/b24-17+. The number of hydrogen-bond donors (Lipinski definition) is 1. The lowest BCUT2D eigenvalue weighted by molar-refractivity contribution is -0.125. The number of aromatic nitrogens is 1. The molecule has 2 aromatic carbocycles. The quantitative estimate of drug-likeness (QED) is 0.444. The molecule has 1 unspecified atom stereocenters. The molecule has 3 aromatic rings. The van der Waals surface area contributed by atoms with Crippen LogP contribution in [0.1, 0.15) is 43.7 Å². The highest BCUT2D eigenvalue weighted by molar-refractivity contribution is 7.07. The number of nitriles is 1. The van der Waals surface area contributed by atoms with Gasteiger partial charge in [-0.05, 0) is 54.3 Å². The van der Waals surface area contributed by atoms with Crippen LogP contribution in [0.2, 0.25) is 0 Å². The third-order valence-corrected chi connectivity index (χ3v) is 7.74. The van der Waals surface area contributed by atoms with Crippen LogP contribution in [0.5, 0.6) is 11.5 Å². The Hall–Kier alpha value is -4.29. The predicted molar refractivity (Wildman–Crippen MR) is 154 cm³/mol. The maximum Gasteiger partial charge on any atom is 0.274 e. The number of ether oxygens (including phenoxy) is 2. The summed E-state index contributed by atoms with van der Waals surface area (Å²) in [5, 5.41) is 10.3. The third-order valence-electron chi connectivity index (χ3n) is 6.64. The Morgan fingerprint density at radius 2 is 1.62 bits per heavy atom. The number of thiazole rings is 1. The van der Waals surface area contributed by atoms with E-state index in [-0.39, 0.29) is 22.9 Å². The molecule has 1 atom stereocenters. The molecule has 0 fully saturated rings. The maximum atomic E-state index is 14.2. The molecular formula is C30H32N4O4S. The second-order valence-corrected chi connectivity index (χ2v) is 10.2. The van der Waals surface area contributed by atoms with Crippen molar-refractivity contribution in [1.82, 2.24) is 9.47 Å². The second kappa shape index (κ2) is 12.0. The molecule has 0 saturated carbocycles. The normalized spacial score (nSPS) is 15.1. The Balaban J connectivity index is 2.05. The van der Waals surface area contributed by atoms with Crippen LogP contribution in [0.25, 0.3) is 17.5 Å². The number of carbonyl (C=O) groups excluding carboxylic acids is 1. The van der Waals surface area contributed by atoms with Gasteiger partial charge in [0.15, 0.2) is 0 Å². The minimum absolute atomic E-state index is 0.0398. The molecule has 1 amide bonds. The van der Waals surface area contributed by atoms with Gasteiger partial charge >= 0.3 is 0 Å². The first-order valence-corrected chi connectivity index (χ1v) is 13.6. The summed E-state index contributed by atoms with van der Waals surface area (Å²) >= 11 is 1.21. The number of nitrogens with zero attached hydrogens (tertiary/aromatic N) is 3. The van der Waals surface area contributed by atoms with Crippen LogP contribution >= 0.6 is 11.3 Å². The van der Waals surface area contributed by atoms with Gasteiger partial charge in [0.2, 0.25) is 0 Å². The van der Waals surface area contributed by atoms with Crippen molar-refractivity contribution in [3.05, 3.63) is 84.8 Å². The van der Waals surface area contributed by atoms with Crippen molar-refractivity contribution in [3.8, 4) is 17.6 Å². The Bertz CT molecular complexity index is 1600. The highest BCUT2D eigenvalue weighted by atomic mass is 32.1. The lowest BCUT2D eigenvalue weighted by atomic mass is 9.83. The molecule has 39 heavy (non-hydrogen) atoms. The first-order chi connectivity index (χ1) is 18.9. The number of amides is 1. The van der Waals surface area contributed by atoms with Crippen molar-refractivity contribution in [2.75, 3.05) is 27.3 Å². The van der Waals surface area contributed by atoms with Crippen LogP contribution in [0.4, 0.5) is 0 Å². The van der Waals surface area contributed by atoms with Gasteiger partial charge in [-0.3, -0.25) is 14.2 Å². The zero-order valence-corrected chi connectivity index (χ0v) is 23.4. The van der Waals surface area contributed by atoms with Gasteiger partial charge in [-0.25, -0.2) is 0 Å². The molecule has 1 aliphatic heterocycles. The third kappa shape index (κ3) is 5.33. The predicted octanol–water partition coefficient (Wildman–Crippen LogP) is 3.00. The lowest BCUT2D eigenvalue weighted by Gasteiger charge is -2.29. The molecule has 0 spiro atoms. The van der Waals surface area contributed by atoms with E-state index in [2.05, 4.69) is 6.07 Å². The first-order valence-electron chi connectivity index (χ1n) is 12.8. The first kappa shape index (κ1) is 27.7. The van der Waals surface area contributed by atoms with E-state index in [1.54, 1.807) is 37.3 Å². The largest absolute Gasteiger partial charge is 0.497 e. The zero-order valence-electron chi connectivity index (χ0n) is 22.6. The second-order valence-electron chi connectivity index (χ2n) is 9.15. The molecule has 9 heteroatoms. The van der Waals surface area contributed by atoms with Crippen LogP contribution in [-0.2, 0) is 4.79 Å². The minimum Gasteiger partial charge on any atom is -0.497 e. The van der Waals surface area contributed by atoms with E-state index in [9.17, 15) is 14.9 Å². The van der Waals surface area contributed by atoms with Gasteiger partial charge in [0, 0.05) is 13.1 Å². The molecular weight excluding hydrogens is 512 g/mol. The lowest BCUT2D eigenvalue weighted by Crippen LogP contribution is -2.43. The highest BCUT2D eigenvalue weighted by Gasteiger charge is 2.37. The zero-order chi connectivity index (χ0) is 28.1. The number of carbonyl (C=O) groups is 1. The molecule has 1 aliphatic rings. The monoisotopic (exact) mass is 544 g/mol. The fraction of sp³-hybridized carbons (Fsp3) is 0.300. The molecule has 2 heterocycles. The maximum absolute atomic E-state index is 14.2. The van der Waals surface area contributed by atoms with E-state index in [4.69, 9.17) is 15.2 Å². The summed E-state index contributed by atoms with van der Waals surface area (Å²) in [6.07, 6.45) is 3.32. The number of allylic oxidation sites excluding steroid dienone is 1. The molecule has 202 valence electrons. The fourth-order valence-corrected chi connectivity index (χ4v) is 5.93. The molecule has 0 bridgehead atoms. The van der Waals surface area contributed by atoms with Gasteiger partial charge in [0.1, 0.15) is 22.0 Å². The van der Waals surface area contributed by atoms with Gasteiger partial charge in [0.05, 0.1) is 41.9 Å². The smallest absolute Gasteiger partial charge is 0.274 e. The molecule has 0 aliphatic carbocycles. The van der Waals surface area contributed by atoms with Gasteiger partial charge in [-0.15, -0.1) is 11.3 Å². The number of rotatable bonds is 9. The van der Waals surface area contributed by atoms with E-state index in [0.29, 0.717) is 39.4 Å². The van der Waals surface area contributed by atoms with Crippen molar-refractivity contribution in [3.63, 3.8) is 0 Å². The summed E-state index contributed by atoms with van der Waals surface area (Å²) in [5.74, 6) is 0.469. The Labute approximate surface area is 231 Å². The van der Waals surface area contributed by atoms with E-state index in [0.717, 1.165) is 24.0 Å². The Morgan fingerprint density at radius 3 is 2.13 bits per heavy atom. The van der Waals surface area contributed by atoms with Crippen LogP contribution in [0.15, 0.2) is 58.9 Å². The van der Waals surface area contributed by atoms with Gasteiger partial charge < -0.3 is 20.1 Å². The van der Waals surface area contributed by atoms with Crippen LogP contribution in [0, 0.1) is 11.3 Å². The number of benzene rings is 2. The van der Waals surface area contributed by atoms with E-state index in [1.165, 1.54) is 15.9 Å². The highest BCUT2D eigenvalue weighted by Crippen LogP contribution is 2.37. The number of fused-ring (bicyclic) bond motifs is 1. The molecule has 4 rings (SSSR count). The van der Waals surface area contributed by atoms with Crippen molar-refractivity contribution in [2.45, 2.75) is 32.6 Å². The van der Waals surface area contributed by atoms with Gasteiger partial charge in [-0.1, -0.05) is 38.1 Å². The summed E-state index contributed by atoms with van der Waals surface area (Å²) in [6, 6.07) is 16.8. The SMILES string of the molecule is CCCN(CCC)C(=O)C1=c2s/c(=C/c3ccc(OC)cc3)c(=O)n2C(N)=C(C#N)C1c1ccc(OC)cc1. The van der Waals surface area contributed by atoms with Crippen molar-refractivity contribution in [1.29, 1.82) is 5.26 Å². The summed E-state index contributed by atoms with van der Waals surface area (Å²) in [5.41, 5.74) is 8.22. The molecule has 1 aromatic heterocycles. The number of nitrogens with two attached hydrogens (primary N) is 1. The van der Waals surface area contributed by atoms with E-state index < -0.39 is 5.92 Å². The minimum atomic E-state index is -0.725. The fourth-order valence-electron chi connectivity index (χ4n) is 4.76. The van der Waals surface area contributed by atoms with Gasteiger partial charge in [-0.2, -0.15) is 5.26 Å². The molecule has 0 saturated heterocycles. The summed E-state index contributed by atoms with van der Waals surface area (Å²) in [6.45, 7) is 5.16. The van der Waals surface area contributed by atoms with E-state index in [1.807, 2.05) is 50.2 Å². The van der Waals surface area contributed by atoms with Crippen LogP contribution in [-0.4, -0.2) is 42.7 Å². The molecule has 8 nitrogen and oxygen atoms in total. The topological polar surface area (TPSA) is 111 Å². The Kier molecular flexibility index (Phi) is 8.57. The molecule has 2 N–H and O–H groups in total. The number of hydrogen-bond acceptors (Lipinski definition) is 7. The van der Waals surface area contributed by atoms with Crippen molar-refractivity contribution < 1.29 is 14.3 Å². The number of methoxy groups -OCH3 is 2. The Morgan fingerprint density at radius 1 is 1.05 bits per heavy atom. The average Bonchev–Trinajstić information content (AvgIpc) is 3.28. The average molecular weight is 545 g/mol. The molecule has 0 radical (unpaired) electrons. The van der Waals surface area contributed by atoms with Gasteiger partial charge in [0.25, 0.3) is 11.5 Å². The van der Waals surface area contributed by atoms with Crippen LogP contribution < -0.4 is 30.0 Å². The summed E-state index contributed by atoms with van der Waals surface area (Å²) in [7, 11) is 3.17. The van der Waals surface area contributed by atoms with Crippen LogP contribution in [0.3, 0.4) is 0 Å². The van der Waals surface area contributed by atoms with Crippen molar-refractivity contribution >= 4 is 34.7 Å². The summed E-state index contributed by atoms with van der Waals surface area (Å²) < 4.78 is 12.7. The van der Waals surface area contributed by atoms with Crippen molar-refractivity contribution in [2.24, 2.45) is 5.73 Å². The van der Waals surface area contributed by atoms with E-state index >= 15 is 0 Å². The summed E-state index contributed by atoms with van der Waals surface area (Å²) in [4.78, 5) is 29.7.